The van der Waals surface area contributed by atoms with Gasteiger partial charge in [0.25, 0.3) is 0 Å². The van der Waals surface area contributed by atoms with Crippen LogP contribution < -0.4 is 9.47 Å². The molecule has 0 spiro atoms. The van der Waals surface area contributed by atoms with Crippen LogP contribution in [0.5, 0.6) is 11.5 Å². The Morgan fingerprint density at radius 1 is 0.514 bits per heavy atom. The van der Waals surface area contributed by atoms with Gasteiger partial charge in [-0.05, 0) is 67.8 Å². The summed E-state index contributed by atoms with van der Waals surface area (Å²) in [6.07, 6.45) is 21.0. The third kappa shape index (κ3) is 14.8. The Balaban J connectivity index is 1.62. The Morgan fingerprint density at radius 2 is 0.973 bits per heavy atom. The lowest BCUT2D eigenvalue weighted by molar-refractivity contribution is 0.302. The highest BCUT2D eigenvalue weighted by atomic mass is 16.5. The number of hydrogen-bond acceptors (Lipinski definition) is 4. The largest absolute Gasteiger partial charge is 0.494 e. The van der Waals surface area contributed by atoms with Crippen LogP contribution in [0, 0.1) is 6.92 Å². The Bertz CT molecular complexity index is 848. The molecule has 4 nitrogen and oxygen atoms in total. The van der Waals surface area contributed by atoms with E-state index in [1.807, 2.05) is 42.5 Å². The molecule has 0 atom stereocenters. The maximum Gasteiger partial charge on any atom is 0.122 e. The molecule has 4 heteroatoms. The van der Waals surface area contributed by atoms with Crippen molar-refractivity contribution < 1.29 is 9.47 Å². The summed E-state index contributed by atoms with van der Waals surface area (Å²) in [5.74, 6) is 1.84. The van der Waals surface area contributed by atoms with Gasteiger partial charge in [-0.3, -0.25) is 0 Å². The van der Waals surface area contributed by atoms with Crippen LogP contribution in [0.2, 0.25) is 0 Å². The number of aryl methyl sites for hydroxylation is 1. The summed E-state index contributed by atoms with van der Waals surface area (Å²) < 4.78 is 11.9. The third-order valence-corrected chi connectivity index (χ3v) is 6.80. The van der Waals surface area contributed by atoms with Crippen LogP contribution in [-0.4, -0.2) is 13.2 Å². The lowest BCUT2D eigenvalue weighted by Gasteiger charge is -2.09. The lowest BCUT2D eigenvalue weighted by atomic mass is 10.1. The molecule has 0 radical (unpaired) electrons. The van der Waals surface area contributed by atoms with Crippen LogP contribution in [-0.2, 0) is 0 Å². The average molecular weight is 509 g/mol. The van der Waals surface area contributed by atoms with Gasteiger partial charge in [0.1, 0.15) is 11.5 Å². The van der Waals surface area contributed by atoms with Crippen LogP contribution in [0.1, 0.15) is 122 Å². The lowest BCUT2D eigenvalue weighted by Crippen LogP contribution is -1.98. The molecular weight excluding hydrogens is 456 g/mol. The highest BCUT2D eigenvalue weighted by molar-refractivity contribution is 5.47. The molecule has 0 aliphatic heterocycles. The van der Waals surface area contributed by atoms with Gasteiger partial charge in [0.15, 0.2) is 0 Å². The predicted molar refractivity (Wildman–Crippen MR) is 158 cm³/mol. The molecule has 0 unspecified atom stereocenters. The third-order valence-electron chi connectivity index (χ3n) is 6.80. The van der Waals surface area contributed by atoms with Gasteiger partial charge in [0.05, 0.1) is 24.6 Å². The first-order valence-corrected chi connectivity index (χ1v) is 15.1. The summed E-state index contributed by atoms with van der Waals surface area (Å²) in [5, 5.41) is 8.80. The zero-order valence-corrected chi connectivity index (χ0v) is 24.0. The summed E-state index contributed by atoms with van der Waals surface area (Å²) >= 11 is 0. The van der Waals surface area contributed by atoms with Gasteiger partial charge in [-0.25, -0.2) is 0 Å². The minimum atomic E-state index is 0.780. The number of hydrogen-bond donors (Lipinski definition) is 0. The number of azo groups is 1. The van der Waals surface area contributed by atoms with Crippen molar-refractivity contribution in [2.24, 2.45) is 10.2 Å². The van der Waals surface area contributed by atoms with Crippen molar-refractivity contribution in [3.63, 3.8) is 0 Å². The van der Waals surface area contributed by atoms with Crippen LogP contribution in [0.15, 0.2) is 52.7 Å². The molecule has 2 rings (SSSR count). The molecule has 0 aromatic heterocycles. The molecule has 2 aromatic carbocycles. The predicted octanol–water partition coefficient (Wildman–Crippen LogP) is 11.4. The van der Waals surface area contributed by atoms with Crippen molar-refractivity contribution >= 4 is 11.4 Å². The maximum absolute atomic E-state index is 6.00. The zero-order valence-electron chi connectivity index (χ0n) is 24.0. The van der Waals surface area contributed by atoms with E-state index in [2.05, 4.69) is 31.0 Å². The second kappa shape index (κ2) is 20.7. The van der Waals surface area contributed by atoms with Gasteiger partial charge in [0.2, 0.25) is 0 Å². The van der Waals surface area contributed by atoms with E-state index in [1.54, 1.807) is 0 Å². The van der Waals surface area contributed by atoms with Gasteiger partial charge < -0.3 is 9.47 Å². The highest BCUT2D eigenvalue weighted by Crippen LogP contribution is 2.26. The molecule has 0 amide bonds. The first-order valence-electron chi connectivity index (χ1n) is 15.1. The SMILES string of the molecule is CCCCCCCCCCOc1ccc(N=Nc2ccc(OCCCCCCCCCC)c(C)c2)cc1. The maximum atomic E-state index is 6.00. The van der Waals surface area contributed by atoms with E-state index in [4.69, 9.17) is 9.47 Å². The standard InChI is InChI=1S/C33H52N2O2/c1-4-6-8-10-12-14-16-18-26-36-32-23-20-30(21-24-32)34-35-31-22-25-33(29(3)28-31)37-27-19-17-15-13-11-9-7-5-2/h20-25,28H,4-19,26-27H2,1-3H3. The summed E-state index contributed by atoms with van der Waals surface area (Å²) in [4.78, 5) is 0. The van der Waals surface area contributed by atoms with E-state index in [1.165, 1.54) is 89.9 Å². The first kappa shape index (κ1) is 30.9. The summed E-state index contributed by atoms with van der Waals surface area (Å²) in [6.45, 7) is 8.16. The molecule has 0 fully saturated rings. The summed E-state index contributed by atoms with van der Waals surface area (Å²) in [6, 6.07) is 13.9. The van der Waals surface area contributed by atoms with Crippen molar-refractivity contribution in [3.05, 3.63) is 48.0 Å². The van der Waals surface area contributed by atoms with Gasteiger partial charge in [-0.2, -0.15) is 10.2 Å². The van der Waals surface area contributed by atoms with Crippen LogP contribution in [0.25, 0.3) is 0 Å². The fourth-order valence-corrected chi connectivity index (χ4v) is 4.43. The van der Waals surface area contributed by atoms with E-state index in [9.17, 15) is 0 Å². The van der Waals surface area contributed by atoms with E-state index in [0.717, 1.165) is 54.5 Å². The summed E-state index contributed by atoms with van der Waals surface area (Å²) in [5.41, 5.74) is 2.76. The molecule has 0 N–H and O–H groups in total. The van der Waals surface area contributed by atoms with E-state index < -0.39 is 0 Å². The van der Waals surface area contributed by atoms with Gasteiger partial charge in [0, 0.05) is 0 Å². The number of nitrogens with zero attached hydrogens (tertiary/aromatic N) is 2. The monoisotopic (exact) mass is 508 g/mol. The molecule has 0 heterocycles. The Hall–Kier alpha value is -2.36. The van der Waals surface area contributed by atoms with Crippen molar-refractivity contribution in [1.82, 2.24) is 0 Å². The Morgan fingerprint density at radius 3 is 1.51 bits per heavy atom. The topological polar surface area (TPSA) is 43.2 Å². The number of ether oxygens (including phenoxy) is 2. The molecule has 0 aliphatic rings. The summed E-state index contributed by atoms with van der Waals surface area (Å²) in [7, 11) is 0. The van der Waals surface area contributed by atoms with Gasteiger partial charge in [-0.1, -0.05) is 104 Å². The first-order chi connectivity index (χ1) is 18.2. The molecule has 37 heavy (non-hydrogen) atoms. The van der Waals surface area contributed by atoms with Crippen molar-refractivity contribution in [2.45, 2.75) is 124 Å². The van der Waals surface area contributed by atoms with Crippen LogP contribution in [0.4, 0.5) is 11.4 Å². The van der Waals surface area contributed by atoms with Gasteiger partial charge in [-0.15, -0.1) is 0 Å². The van der Waals surface area contributed by atoms with Crippen LogP contribution >= 0.6 is 0 Å². The quantitative estimate of drug-likeness (QED) is 0.117. The molecule has 206 valence electrons. The molecule has 2 aromatic rings. The second-order valence-corrected chi connectivity index (χ2v) is 10.3. The minimum Gasteiger partial charge on any atom is -0.494 e. The van der Waals surface area contributed by atoms with Crippen LogP contribution in [0.3, 0.4) is 0 Å². The molecule has 0 saturated heterocycles. The van der Waals surface area contributed by atoms with Crippen molar-refractivity contribution in [2.75, 3.05) is 13.2 Å². The zero-order chi connectivity index (χ0) is 26.4. The average Bonchev–Trinajstić information content (AvgIpc) is 2.91. The Labute approximate surface area is 227 Å². The molecule has 0 bridgehead atoms. The fourth-order valence-electron chi connectivity index (χ4n) is 4.43. The molecule has 0 aliphatic carbocycles. The van der Waals surface area contributed by atoms with E-state index >= 15 is 0 Å². The fraction of sp³-hybridized carbons (Fsp3) is 0.636. The number of unbranched alkanes of at least 4 members (excludes halogenated alkanes) is 14. The highest BCUT2D eigenvalue weighted by Gasteiger charge is 2.02. The minimum absolute atomic E-state index is 0.780. The normalized spacial score (nSPS) is 11.3. The van der Waals surface area contributed by atoms with E-state index in [0.29, 0.717) is 0 Å². The van der Waals surface area contributed by atoms with Crippen molar-refractivity contribution in [1.29, 1.82) is 0 Å². The van der Waals surface area contributed by atoms with E-state index in [-0.39, 0.29) is 0 Å². The Kier molecular flexibility index (Phi) is 17.2. The van der Waals surface area contributed by atoms with Crippen molar-refractivity contribution in [3.8, 4) is 11.5 Å². The second-order valence-electron chi connectivity index (χ2n) is 10.3. The number of benzene rings is 2. The molecular formula is C33H52N2O2. The molecule has 0 saturated carbocycles. The smallest absolute Gasteiger partial charge is 0.122 e. The van der Waals surface area contributed by atoms with Gasteiger partial charge >= 0.3 is 0 Å². The number of rotatable bonds is 22.